The third-order valence-electron chi connectivity index (χ3n) is 3.30. The molecule has 0 heterocycles. The van der Waals surface area contributed by atoms with Crippen molar-refractivity contribution in [3.63, 3.8) is 0 Å². The minimum atomic E-state index is 0.343. The summed E-state index contributed by atoms with van der Waals surface area (Å²) in [6.07, 6.45) is 2.11. The Bertz CT molecular complexity index is 587. The number of ketones is 1. The number of nitrogen functional groups attached to an aromatic ring is 1. The molecule has 2 heteroatoms. The molecule has 80 valence electrons. The predicted octanol–water partition coefficient (Wildman–Crippen LogP) is 2.48. The van der Waals surface area contributed by atoms with Gasteiger partial charge in [-0.2, -0.15) is 0 Å². The molecule has 0 spiro atoms. The molecule has 0 saturated heterocycles. The van der Waals surface area contributed by atoms with E-state index in [4.69, 9.17) is 5.73 Å². The van der Waals surface area contributed by atoms with Crippen molar-refractivity contribution in [1.29, 1.82) is 0 Å². The number of nitrogens with two attached hydrogens (primary N) is 1. The molecule has 16 heavy (non-hydrogen) atoms. The molecule has 0 saturated carbocycles. The molecule has 3 rings (SSSR count). The van der Waals surface area contributed by atoms with E-state index in [9.17, 15) is 4.79 Å². The lowest BCUT2D eigenvalue weighted by Crippen LogP contribution is -2.13. The monoisotopic (exact) mass is 211 g/mol. The maximum absolute atomic E-state index is 11.4. The molecular weight excluding hydrogens is 198 g/mol. The Balaban J connectivity index is 2.27. The molecule has 2 nitrogen and oxygen atoms in total. The van der Waals surface area contributed by atoms with Gasteiger partial charge in [0.1, 0.15) is 5.78 Å². The molecule has 2 aromatic carbocycles. The van der Waals surface area contributed by atoms with Gasteiger partial charge in [-0.05, 0) is 35.1 Å². The number of anilines is 1. The van der Waals surface area contributed by atoms with E-state index in [1.165, 1.54) is 11.1 Å². The van der Waals surface area contributed by atoms with Crippen molar-refractivity contribution in [1.82, 2.24) is 0 Å². The first-order valence-electron chi connectivity index (χ1n) is 5.56. The first-order chi connectivity index (χ1) is 7.74. The van der Waals surface area contributed by atoms with E-state index in [1.807, 2.05) is 18.2 Å². The van der Waals surface area contributed by atoms with E-state index in [1.54, 1.807) is 0 Å². The topological polar surface area (TPSA) is 43.1 Å². The van der Waals surface area contributed by atoms with Gasteiger partial charge in [-0.1, -0.05) is 18.2 Å². The van der Waals surface area contributed by atoms with Crippen molar-refractivity contribution >= 4 is 22.2 Å². The minimum absolute atomic E-state index is 0.343. The lowest BCUT2D eigenvalue weighted by Gasteiger charge is -2.16. The summed E-state index contributed by atoms with van der Waals surface area (Å²) in [5, 5.41) is 2.24. The normalized spacial score (nSPS) is 15.1. The number of aryl methyl sites for hydroxylation is 1. The summed E-state index contributed by atoms with van der Waals surface area (Å²) < 4.78 is 0. The maximum Gasteiger partial charge on any atom is 0.137 e. The highest BCUT2D eigenvalue weighted by Gasteiger charge is 2.16. The van der Waals surface area contributed by atoms with Crippen molar-refractivity contribution < 1.29 is 4.79 Å². The Morgan fingerprint density at radius 1 is 1.06 bits per heavy atom. The molecule has 1 aliphatic rings. The van der Waals surface area contributed by atoms with Gasteiger partial charge in [-0.3, -0.25) is 4.79 Å². The van der Waals surface area contributed by atoms with Gasteiger partial charge < -0.3 is 5.73 Å². The number of Topliss-reactive ketones (excluding diaryl/α,β-unsaturated/α-hetero) is 1. The quantitative estimate of drug-likeness (QED) is 0.680. The van der Waals surface area contributed by atoms with Crippen LogP contribution in [0.15, 0.2) is 30.3 Å². The van der Waals surface area contributed by atoms with Crippen LogP contribution in [0.3, 0.4) is 0 Å². The molecule has 0 atom stereocenters. The average molecular weight is 211 g/mol. The van der Waals surface area contributed by atoms with E-state index >= 15 is 0 Å². The zero-order chi connectivity index (χ0) is 11.1. The Labute approximate surface area is 94.1 Å². The van der Waals surface area contributed by atoms with Gasteiger partial charge in [0.25, 0.3) is 0 Å². The van der Waals surface area contributed by atoms with Crippen LogP contribution in [0.1, 0.15) is 17.5 Å². The van der Waals surface area contributed by atoms with Crippen molar-refractivity contribution in [2.75, 3.05) is 5.73 Å². The summed E-state index contributed by atoms with van der Waals surface area (Å²) in [4.78, 5) is 11.4. The second-order valence-electron chi connectivity index (χ2n) is 4.40. The van der Waals surface area contributed by atoms with Crippen LogP contribution in [0.5, 0.6) is 0 Å². The lowest BCUT2D eigenvalue weighted by molar-refractivity contribution is -0.118. The SMILES string of the molecule is Nc1cccc2cc3c(cc12)CCC(=O)C3. The summed E-state index contributed by atoms with van der Waals surface area (Å²) in [5.41, 5.74) is 9.22. The Hall–Kier alpha value is -1.83. The number of carbonyl (C=O) groups is 1. The molecule has 0 fully saturated rings. The van der Waals surface area contributed by atoms with Crippen LogP contribution in [-0.2, 0) is 17.6 Å². The number of carbonyl (C=O) groups excluding carboxylic acids is 1. The number of rotatable bonds is 0. The van der Waals surface area contributed by atoms with E-state index < -0.39 is 0 Å². The molecule has 0 bridgehead atoms. The van der Waals surface area contributed by atoms with Gasteiger partial charge in [-0.25, -0.2) is 0 Å². The summed E-state index contributed by atoms with van der Waals surface area (Å²) in [6.45, 7) is 0. The van der Waals surface area contributed by atoms with Crippen LogP contribution in [0.2, 0.25) is 0 Å². The Kier molecular flexibility index (Phi) is 1.96. The van der Waals surface area contributed by atoms with Crippen molar-refractivity contribution in [2.45, 2.75) is 19.3 Å². The highest BCUT2D eigenvalue weighted by atomic mass is 16.1. The highest BCUT2D eigenvalue weighted by molar-refractivity contribution is 5.95. The minimum Gasteiger partial charge on any atom is -0.398 e. The van der Waals surface area contributed by atoms with E-state index in [2.05, 4.69) is 12.1 Å². The molecular formula is C14H13NO. The molecule has 0 aliphatic heterocycles. The van der Waals surface area contributed by atoms with Crippen molar-refractivity contribution in [2.24, 2.45) is 0 Å². The Morgan fingerprint density at radius 3 is 2.81 bits per heavy atom. The molecule has 2 aromatic rings. The fourth-order valence-electron chi connectivity index (χ4n) is 2.41. The average Bonchev–Trinajstić information content (AvgIpc) is 2.27. The second-order valence-corrected chi connectivity index (χ2v) is 4.40. The summed E-state index contributed by atoms with van der Waals surface area (Å²) >= 11 is 0. The zero-order valence-electron chi connectivity index (χ0n) is 8.99. The fourth-order valence-corrected chi connectivity index (χ4v) is 2.41. The van der Waals surface area contributed by atoms with Crippen LogP contribution in [-0.4, -0.2) is 5.78 Å². The van der Waals surface area contributed by atoms with Gasteiger partial charge in [0.15, 0.2) is 0 Å². The fraction of sp³-hybridized carbons (Fsp3) is 0.214. The van der Waals surface area contributed by atoms with E-state index in [-0.39, 0.29) is 0 Å². The number of hydrogen-bond donors (Lipinski definition) is 1. The summed E-state index contributed by atoms with van der Waals surface area (Å²) in [7, 11) is 0. The summed E-state index contributed by atoms with van der Waals surface area (Å²) in [5.74, 6) is 0.343. The Morgan fingerprint density at radius 2 is 1.94 bits per heavy atom. The van der Waals surface area contributed by atoms with Gasteiger partial charge in [0, 0.05) is 23.9 Å². The van der Waals surface area contributed by atoms with Crippen LogP contribution < -0.4 is 5.73 Å². The number of hydrogen-bond acceptors (Lipinski definition) is 2. The molecule has 0 unspecified atom stereocenters. The molecule has 0 radical (unpaired) electrons. The molecule has 2 N–H and O–H groups in total. The largest absolute Gasteiger partial charge is 0.398 e. The van der Waals surface area contributed by atoms with Crippen LogP contribution >= 0.6 is 0 Å². The third kappa shape index (κ3) is 1.38. The van der Waals surface area contributed by atoms with Gasteiger partial charge in [-0.15, -0.1) is 0 Å². The smallest absolute Gasteiger partial charge is 0.137 e. The van der Waals surface area contributed by atoms with Gasteiger partial charge >= 0.3 is 0 Å². The third-order valence-corrected chi connectivity index (χ3v) is 3.30. The first-order valence-corrected chi connectivity index (χ1v) is 5.56. The lowest BCUT2D eigenvalue weighted by atomic mass is 9.88. The zero-order valence-corrected chi connectivity index (χ0v) is 8.99. The van der Waals surface area contributed by atoms with E-state index in [0.717, 1.165) is 22.9 Å². The van der Waals surface area contributed by atoms with Crippen LogP contribution in [0.25, 0.3) is 10.8 Å². The number of fused-ring (bicyclic) bond motifs is 2. The maximum atomic E-state index is 11.4. The standard InChI is InChI=1S/C14H13NO/c15-14-3-1-2-10-6-11-7-12(16)5-4-9(11)8-13(10)14/h1-3,6,8H,4-5,7,15H2. The molecule has 0 amide bonds. The van der Waals surface area contributed by atoms with Crippen molar-refractivity contribution in [3.05, 3.63) is 41.5 Å². The second kappa shape index (κ2) is 3.34. The van der Waals surface area contributed by atoms with Gasteiger partial charge in [0.2, 0.25) is 0 Å². The molecule has 0 aromatic heterocycles. The van der Waals surface area contributed by atoms with E-state index in [0.29, 0.717) is 18.6 Å². The first kappa shape index (κ1) is 9.40. The molecule has 1 aliphatic carbocycles. The number of benzene rings is 2. The summed E-state index contributed by atoms with van der Waals surface area (Å²) in [6, 6.07) is 10.2. The van der Waals surface area contributed by atoms with Crippen molar-refractivity contribution in [3.8, 4) is 0 Å². The van der Waals surface area contributed by atoms with Crippen LogP contribution in [0, 0.1) is 0 Å². The van der Waals surface area contributed by atoms with Gasteiger partial charge in [0.05, 0.1) is 0 Å². The highest BCUT2D eigenvalue weighted by Crippen LogP contribution is 2.28. The van der Waals surface area contributed by atoms with Crippen LogP contribution in [0.4, 0.5) is 5.69 Å². The predicted molar refractivity (Wildman–Crippen MR) is 65.4 cm³/mol.